The van der Waals surface area contributed by atoms with Crippen LogP contribution in [-0.4, -0.2) is 57.3 Å². The maximum Gasteiger partial charge on any atom is 0.0701 e. The Kier molecular flexibility index (Phi) is 25.1. The van der Waals surface area contributed by atoms with E-state index in [2.05, 4.69) is 29.5 Å². The SMILES string of the molecule is CCCCCCCCOCCOCCOCCOCCCCCCI. The predicted molar refractivity (Wildman–Crippen MR) is 114 cm³/mol. The normalized spacial score (nSPS) is 11.3. The molecule has 0 spiro atoms. The van der Waals surface area contributed by atoms with Gasteiger partial charge < -0.3 is 18.9 Å². The highest BCUT2D eigenvalue weighted by Crippen LogP contribution is 2.04. The third-order valence-electron chi connectivity index (χ3n) is 3.93. The predicted octanol–water partition coefficient (Wildman–Crippen LogP) is 5.41. The molecule has 0 aromatic heterocycles. The number of ether oxygens (including phenoxy) is 4. The number of halogens is 1. The van der Waals surface area contributed by atoms with Crippen molar-refractivity contribution in [2.75, 3.05) is 57.3 Å². The maximum atomic E-state index is 5.56. The number of unbranched alkanes of at least 4 members (excludes halogenated alkanes) is 8. The van der Waals surface area contributed by atoms with E-state index >= 15 is 0 Å². The molecular weight excluding hydrogens is 431 g/mol. The highest BCUT2D eigenvalue weighted by molar-refractivity contribution is 14.1. The first-order chi connectivity index (χ1) is 12.4. The van der Waals surface area contributed by atoms with Crippen LogP contribution in [0.5, 0.6) is 0 Å². The Morgan fingerprint density at radius 2 is 0.800 bits per heavy atom. The summed E-state index contributed by atoms with van der Waals surface area (Å²) in [6.07, 6.45) is 12.9. The molecular formula is C20H41IO4. The van der Waals surface area contributed by atoms with Gasteiger partial charge in [-0.25, -0.2) is 0 Å². The molecule has 25 heavy (non-hydrogen) atoms. The van der Waals surface area contributed by atoms with Gasteiger partial charge in [-0.3, -0.25) is 0 Å². The van der Waals surface area contributed by atoms with Crippen LogP contribution in [0.25, 0.3) is 0 Å². The summed E-state index contributed by atoms with van der Waals surface area (Å²) in [5.74, 6) is 0. The fourth-order valence-corrected chi connectivity index (χ4v) is 2.94. The third-order valence-corrected chi connectivity index (χ3v) is 4.69. The minimum absolute atomic E-state index is 0.635. The summed E-state index contributed by atoms with van der Waals surface area (Å²) in [4.78, 5) is 0. The van der Waals surface area contributed by atoms with Gasteiger partial charge in [0.15, 0.2) is 0 Å². The Morgan fingerprint density at radius 1 is 0.440 bits per heavy atom. The topological polar surface area (TPSA) is 36.9 Å². The fraction of sp³-hybridized carbons (Fsp3) is 1.00. The summed E-state index contributed by atoms with van der Waals surface area (Å²) in [5, 5.41) is 0. The Hall–Kier alpha value is 0.570. The molecule has 0 fully saturated rings. The van der Waals surface area contributed by atoms with Crippen LogP contribution in [0.15, 0.2) is 0 Å². The zero-order valence-electron chi connectivity index (χ0n) is 16.4. The Labute approximate surface area is 169 Å². The van der Waals surface area contributed by atoms with Crippen LogP contribution in [0.2, 0.25) is 0 Å². The van der Waals surface area contributed by atoms with Crippen LogP contribution in [0, 0.1) is 0 Å². The number of rotatable bonds is 22. The molecule has 0 heterocycles. The summed E-state index contributed by atoms with van der Waals surface area (Å²) < 4.78 is 23.3. The lowest BCUT2D eigenvalue weighted by Crippen LogP contribution is -2.12. The van der Waals surface area contributed by atoms with Crippen LogP contribution in [-0.2, 0) is 18.9 Å². The van der Waals surface area contributed by atoms with Crippen molar-refractivity contribution in [3.63, 3.8) is 0 Å². The first-order valence-corrected chi connectivity index (χ1v) is 11.8. The fourth-order valence-electron chi connectivity index (χ4n) is 2.40. The molecule has 0 aromatic carbocycles. The molecule has 0 radical (unpaired) electrons. The monoisotopic (exact) mass is 472 g/mol. The van der Waals surface area contributed by atoms with E-state index in [1.807, 2.05) is 0 Å². The Morgan fingerprint density at radius 3 is 1.24 bits per heavy atom. The molecule has 0 N–H and O–H groups in total. The average Bonchev–Trinajstić information content (AvgIpc) is 2.63. The number of hydrogen-bond acceptors (Lipinski definition) is 4. The van der Waals surface area contributed by atoms with Crippen LogP contribution in [0.3, 0.4) is 0 Å². The van der Waals surface area contributed by atoms with Crippen molar-refractivity contribution < 1.29 is 18.9 Å². The molecule has 0 aliphatic carbocycles. The Balaban J connectivity index is 2.94. The van der Waals surface area contributed by atoms with E-state index in [1.165, 1.54) is 68.6 Å². The standard InChI is InChI=1S/C20H41IO4/c1-2-3-4-5-7-10-13-22-15-17-24-19-20-25-18-16-23-14-11-8-6-9-12-21/h2-20H2,1H3. The van der Waals surface area contributed by atoms with Crippen LogP contribution < -0.4 is 0 Å². The Bertz CT molecular complexity index is 208. The second-order valence-corrected chi connectivity index (χ2v) is 7.40. The van der Waals surface area contributed by atoms with E-state index in [-0.39, 0.29) is 0 Å². The van der Waals surface area contributed by atoms with Gasteiger partial charge in [0.25, 0.3) is 0 Å². The summed E-state index contributed by atoms with van der Waals surface area (Å²) in [6.45, 7) is 7.94. The molecule has 0 unspecified atom stereocenters. The van der Waals surface area contributed by atoms with Gasteiger partial charge in [0.1, 0.15) is 0 Å². The maximum absolute atomic E-state index is 5.56. The molecule has 5 heteroatoms. The van der Waals surface area contributed by atoms with E-state index < -0.39 is 0 Å². The van der Waals surface area contributed by atoms with Gasteiger partial charge in [-0.2, -0.15) is 0 Å². The van der Waals surface area contributed by atoms with E-state index in [1.54, 1.807) is 0 Å². The summed E-state index contributed by atoms with van der Waals surface area (Å²) in [5.41, 5.74) is 0. The number of alkyl halides is 1. The van der Waals surface area contributed by atoms with Crippen LogP contribution >= 0.6 is 22.6 Å². The second-order valence-electron chi connectivity index (χ2n) is 6.32. The lowest BCUT2D eigenvalue weighted by atomic mass is 10.1. The minimum atomic E-state index is 0.635. The first kappa shape index (κ1) is 25.6. The van der Waals surface area contributed by atoms with E-state index in [0.29, 0.717) is 39.6 Å². The lowest BCUT2D eigenvalue weighted by Gasteiger charge is -2.07. The van der Waals surface area contributed by atoms with Crippen molar-refractivity contribution in [3.8, 4) is 0 Å². The molecule has 152 valence electrons. The number of hydrogen-bond donors (Lipinski definition) is 0. The molecule has 0 aliphatic heterocycles. The molecule has 0 bridgehead atoms. The smallest absolute Gasteiger partial charge is 0.0701 e. The molecule has 0 amide bonds. The highest BCUT2D eigenvalue weighted by Gasteiger charge is 1.94. The van der Waals surface area contributed by atoms with Gasteiger partial charge in [-0.15, -0.1) is 0 Å². The summed E-state index contributed by atoms with van der Waals surface area (Å²) in [7, 11) is 0. The first-order valence-electron chi connectivity index (χ1n) is 10.3. The zero-order chi connectivity index (χ0) is 18.3. The van der Waals surface area contributed by atoms with Gasteiger partial charge in [0.2, 0.25) is 0 Å². The van der Waals surface area contributed by atoms with Gasteiger partial charge in [0.05, 0.1) is 39.6 Å². The second kappa shape index (κ2) is 24.6. The van der Waals surface area contributed by atoms with Gasteiger partial charge in [0, 0.05) is 13.2 Å². The third kappa shape index (κ3) is 24.6. The van der Waals surface area contributed by atoms with E-state index in [4.69, 9.17) is 18.9 Å². The average molecular weight is 472 g/mol. The quantitative estimate of drug-likeness (QED) is 0.120. The van der Waals surface area contributed by atoms with Crippen LogP contribution in [0.1, 0.15) is 71.1 Å². The molecule has 0 rings (SSSR count). The molecule has 0 aromatic rings. The summed E-state index contributed by atoms with van der Waals surface area (Å²) >= 11 is 2.43. The zero-order valence-corrected chi connectivity index (χ0v) is 18.6. The lowest BCUT2D eigenvalue weighted by molar-refractivity contribution is -0.00248. The molecule has 0 saturated heterocycles. The summed E-state index contributed by atoms with van der Waals surface area (Å²) in [6, 6.07) is 0. The van der Waals surface area contributed by atoms with Gasteiger partial charge >= 0.3 is 0 Å². The van der Waals surface area contributed by atoms with Crippen LogP contribution in [0.4, 0.5) is 0 Å². The van der Waals surface area contributed by atoms with Crippen molar-refractivity contribution in [2.24, 2.45) is 0 Å². The van der Waals surface area contributed by atoms with Gasteiger partial charge in [-0.1, -0.05) is 74.5 Å². The highest BCUT2D eigenvalue weighted by atomic mass is 127. The molecule has 0 atom stereocenters. The molecule has 4 nitrogen and oxygen atoms in total. The van der Waals surface area contributed by atoms with Crippen molar-refractivity contribution in [1.82, 2.24) is 0 Å². The van der Waals surface area contributed by atoms with E-state index in [0.717, 1.165) is 13.2 Å². The van der Waals surface area contributed by atoms with Gasteiger partial charge in [-0.05, 0) is 23.7 Å². The molecule has 0 aliphatic rings. The van der Waals surface area contributed by atoms with Crippen molar-refractivity contribution >= 4 is 22.6 Å². The molecule has 0 saturated carbocycles. The van der Waals surface area contributed by atoms with Crippen molar-refractivity contribution in [3.05, 3.63) is 0 Å². The largest absolute Gasteiger partial charge is 0.379 e. The van der Waals surface area contributed by atoms with Crippen molar-refractivity contribution in [2.45, 2.75) is 71.1 Å². The minimum Gasteiger partial charge on any atom is -0.379 e. The van der Waals surface area contributed by atoms with Crippen molar-refractivity contribution in [1.29, 1.82) is 0 Å². The van der Waals surface area contributed by atoms with E-state index in [9.17, 15) is 0 Å².